The second kappa shape index (κ2) is 9.40. The van der Waals surface area contributed by atoms with Gasteiger partial charge in [-0.15, -0.1) is 0 Å². The van der Waals surface area contributed by atoms with Crippen molar-refractivity contribution >= 4 is 16.8 Å². The highest BCUT2D eigenvalue weighted by atomic mass is 16.1. The zero-order valence-corrected chi connectivity index (χ0v) is 18.1. The summed E-state index contributed by atoms with van der Waals surface area (Å²) in [6.07, 6.45) is 4.29. The Balaban J connectivity index is 1.43. The van der Waals surface area contributed by atoms with Gasteiger partial charge in [0.25, 0.3) is 0 Å². The normalized spacial score (nSPS) is 14.7. The van der Waals surface area contributed by atoms with Crippen LogP contribution in [-0.2, 0) is 24.3 Å². The van der Waals surface area contributed by atoms with Gasteiger partial charge in [0, 0.05) is 24.2 Å². The molecule has 0 unspecified atom stereocenters. The molecule has 0 radical (unpaired) electrons. The van der Waals surface area contributed by atoms with E-state index in [9.17, 15) is 4.79 Å². The number of likely N-dealkylation sites (tertiary alicyclic amines) is 1. The monoisotopic (exact) mass is 401 g/mol. The van der Waals surface area contributed by atoms with E-state index < -0.39 is 0 Å². The van der Waals surface area contributed by atoms with Crippen molar-refractivity contribution in [3.05, 3.63) is 76.5 Å². The molecule has 0 aliphatic carbocycles. The average Bonchev–Trinajstić information content (AvgIpc) is 2.77. The molecule has 1 N–H and O–H groups in total. The number of aryl methyl sites for hydroxylation is 2. The summed E-state index contributed by atoms with van der Waals surface area (Å²) in [7, 11) is 0. The number of para-hydroxylation sites is 1. The number of benzene rings is 2. The first-order valence-electron chi connectivity index (χ1n) is 11.0. The Morgan fingerprint density at radius 1 is 0.967 bits per heavy atom. The molecule has 2 heterocycles. The molecule has 1 aliphatic rings. The molecule has 1 fully saturated rings. The van der Waals surface area contributed by atoms with E-state index in [2.05, 4.69) is 47.5 Å². The van der Waals surface area contributed by atoms with E-state index in [1.54, 1.807) is 0 Å². The summed E-state index contributed by atoms with van der Waals surface area (Å²) in [5, 5.41) is 4.27. The molecular formula is C26H31N3O. The smallest absolute Gasteiger partial charge is 0.224 e. The number of carbonyl (C=O) groups excluding carboxylic acids is 1. The Morgan fingerprint density at radius 3 is 2.47 bits per heavy atom. The van der Waals surface area contributed by atoms with Crippen LogP contribution in [-0.4, -0.2) is 28.9 Å². The number of aromatic nitrogens is 1. The van der Waals surface area contributed by atoms with E-state index in [1.807, 2.05) is 25.1 Å². The van der Waals surface area contributed by atoms with Crippen LogP contribution >= 0.6 is 0 Å². The quantitative estimate of drug-likeness (QED) is 0.651. The Morgan fingerprint density at radius 2 is 1.67 bits per heavy atom. The van der Waals surface area contributed by atoms with Gasteiger partial charge in [0.2, 0.25) is 5.91 Å². The molecule has 2 aromatic carbocycles. The van der Waals surface area contributed by atoms with Gasteiger partial charge in [0.1, 0.15) is 0 Å². The van der Waals surface area contributed by atoms with Gasteiger partial charge in [-0.1, -0.05) is 48.9 Å². The van der Waals surface area contributed by atoms with E-state index in [-0.39, 0.29) is 5.91 Å². The predicted octanol–water partition coefficient (Wildman–Crippen LogP) is 4.70. The summed E-state index contributed by atoms with van der Waals surface area (Å²) < 4.78 is 0. The van der Waals surface area contributed by atoms with Crippen molar-refractivity contribution in [1.82, 2.24) is 15.2 Å². The van der Waals surface area contributed by atoms with Crippen molar-refractivity contribution in [2.24, 2.45) is 0 Å². The van der Waals surface area contributed by atoms with Crippen LogP contribution < -0.4 is 5.32 Å². The first kappa shape index (κ1) is 20.5. The number of piperidine rings is 1. The van der Waals surface area contributed by atoms with E-state index in [0.717, 1.165) is 34.3 Å². The fourth-order valence-electron chi connectivity index (χ4n) is 4.49. The van der Waals surface area contributed by atoms with Crippen LogP contribution in [0.15, 0.2) is 48.5 Å². The molecule has 0 bridgehead atoms. The van der Waals surface area contributed by atoms with Crippen molar-refractivity contribution in [2.75, 3.05) is 13.1 Å². The Kier molecular flexibility index (Phi) is 6.44. The highest BCUT2D eigenvalue weighted by Gasteiger charge is 2.15. The van der Waals surface area contributed by atoms with Gasteiger partial charge < -0.3 is 5.32 Å². The number of nitrogens with zero attached hydrogens (tertiary/aromatic N) is 2. The van der Waals surface area contributed by atoms with Crippen molar-refractivity contribution in [1.29, 1.82) is 0 Å². The molecule has 4 nitrogen and oxygen atoms in total. The van der Waals surface area contributed by atoms with Gasteiger partial charge >= 0.3 is 0 Å². The minimum Gasteiger partial charge on any atom is -0.352 e. The number of fused-ring (bicyclic) bond motifs is 1. The zero-order chi connectivity index (χ0) is 20.9. The second-order valence-electron chi connectivity index (χ2n) is 8.38. The number of hydrogen-bond donors (Lipinski definition) is 1. The topological polar surface area (TPSA) is 45.2 Å². The molecule has 1 amide bonds. The summed E-state index contributed by atoms with van der Waals surface area (Å²) in [6, 6.07) is 16.6. The van der Waals surface area contributed by atoms with Gasteiger partial charge in [-0.25, -0.2) is 0 Å². The highest BCUT2D eigenvalue weighted by Crippen LogP contribution is 2.23. The van der Waals surface area contributed by atoms with Crippen molar-refractivity contribution in [2.45, 2.75) is 52.6 Å². The summed E-state index contributed by atoms with van der Waals surface area (Å²) in [4.78, 5) is 20.0. The lowest BCUT2D eigenvalue weighted by Gasteiger charge is -2.27. The van der Waals surface area contributed by atoms with E-state index in [1.165, 1.54) is 43.5 Å². The third-order valence-corrected chi connectivity index (χ3v) is 6.26. The van der Waals surface area contributed by atoms with Crippen LogP contribution in [0.5, 0.6) is 0 Å². The lowest BCUT2D eigenvalue weighted by molar-refractivity contribution is -0.120. The highest BCUT2D eigenvalue weighted by molar-refractivity contribution is 5.86. The molecule has 4 rings (SSSR count). The maximum atomic E-state index is 12.8. The SMILES string of the molecule is Cc1nc2ccccc2c(C)c1CC(=O)NCc1ccccc1CN1CCCCC1. The number of rotatable bonds is 6. The molecule has 30 heavy (non-hydrogen) atoms. The minimum atomic E-state index is 0.0473. The standard InChI is InChI=1S/C26H31N3O/c1-19-23-12-6-7-13-25(23)28-20(2)24(19)16-26(30)27-17-21-10-4-5-11-22(21)18-29-14-8-3-9-15-29/h4-7,10-13H,3,8-9,14-18H2,1-2H3,(H,27,30). The third-order valence-electron chi connectivity index (χ3n) is 6.26. The maximum Gasteiger partial charge on any atom is 0.224 e. The van der Waals surface area contributed by atoms with E-state index in [0.29, 0.717) is 13.0 Å². The molecule has 1 aliphatic heterocycles. The van der Waals surface area contributed by atoms with Crippen LogP contribution in [0.1, 0.15) is 47.2 Å². The van der Waals surface area contributed by atoms with Crippen molar-refractivity contribution < 1.29 is 4.79 Å². The Hall–Kier alpha value is -2.72. The first-order chi connectivity index (χ1) is 14.6. The number of amides is 1. The van der Waals surface area contributed by atoms with Crippen LogP contribution in [0.2, 0.25) is 0 Å². The second-order valence-corrected chi connectivity index (χ2v) is 8.38. The molecule has 0 saturated carbocycles. The van der Waals surface area contributed by atoms with E-state index in [4.69, 9.17) is 4.98 Å². The predicted molar refractivity (Wildman–Crippen MR) is 122 cm³/mol. The largest absolute Gasteiger partial charge is 0.352 e. The zero-order valence-electron chi connectivity index (χ0n) is 18.1. The Labute approximate surface area is 179 Å². The lowest BCUT2D eigenvalue weighted by atomic mass is 9.99. The van der Waals surface area contributed by atoms with Crippen molar-refractivity contribution in [3.63, 3.8) is 0 Å². The van der Waals surface area contributed by atoms with Gasteiger partial charge in [0.15, 0.2) is 0 Å². The molecule has 0 spiro atoms. The number of nitrogens with one attached hydrogen (secondary N) is 1. The number of hydrogen-bond acceptors (Lipinski definition) is 3. The molecule has 156 valence electrons. The first-order valence-corrected chi connectivity index (χ1v) is 11.0. The average molecular weight is 402 g/mol. The summed E-state index contributed by atoms with van der Waals surface area (Å²) in [5.74, 6) is 0.0473. The number of pyridine rings is 1. The molecule has 0 atom stereocenters. The molecule has 1 saturated heterocycles. The van der Waals surface area contributed by atoms with E-state index >= 15 is 0 Å². The summed E-state index contributed by atoms with van der Waals surface area (Å²) in [5.41, 5.74) is 6.64. The maximum absolute atomic E-state index is 12.8. The van der Waals surface area contributed by atoms with Gasteiger partial charge in [-0.3, -0.25) is 14.7 Å². The third kappa shape index (κ3) is 4.71. The fourth-order valence-corrected chi connectivity index (χ4v) is 4.49. The van der Waals surface area contributed by atoms with Gasteiger partial charge in [0.05, 0.1) is 11.9 Å². The Bertz CT molecular complexity index is 1040. The summed E-state index contributed by atoms with van der Waals surface area (Å²) in [6.45, 7) is 7.98. The van der Waals surface area contributed by atoms with Crippen LogP contribution in [0.3, 0.4) is 0 Å². The molecule has 1 aromatic heterocycles. The number of carbonyl (C=O) groups is 1. The minimum absolute atomic E-state index is 0.0473. The van der Waals surface area contributed by atoms with Gasteiger partial charge in [-0.05, 0) is 68.1 Å². The van der Waals surface area contributed by atoms with Crippen LogP contribution in [0, 0.1) is 13.8 Å². The molecule has 4 heteroatoms. The summed E-state index contributed by atoms with van der Waals surface area (Å²) >= 11 is 0. The van der Waals surface area contributed by atoms with Gasteiger partial charge in [-0.2, -0.15) is 0 Å². The van der Waals surface area contributed by atoms with Crippen LogP contribution in [0.4, 0.5) is 0 Å². The lowest BCUT2D eigenvalue weighted by Crippen LogP contribution is -2.30. The molecular weight excluding hydrogens is 370 g/mol. The van der Waals surface area contributed by atoms with Crippen LogP contribution in [0.25, 0.3) is 10.9 Å². The van der Waals surface area contributed by atoms with Crippen molar-refractivity contribution in [3.8, 4) is 0 Å². The fraction of sp³-hybridized carbons (Fsp3) is 0.385. The molecule has 3 aromatic rings.